The summed E-state index contributed by atoms with van der Waals surface area (Å²) in [4.78, 5) is 0. The number of rotatable bonds is 5. The largest absolute Gasteiger partial charge is 0.367 e. The zero-order chi connectivity index (χ0) is 13.1. The van der Waals surface area contributed by atoms with E-state index < -0.39 is 10.0 Å². The number of sulfonamides is 1. The van der Waals surface area contributed by atoms with Gasteiger partial charge in [0.1, 0.15) is 0 Å². The first-order valence-electron chi connectivity index (χ1n) is 4.99. The molecule has 6 nitrogen and oxygen atoms in total. The second kappa shape index (κ2) is 5.61. The van der Waals surface area contributed by atoms with Crippen LogP contribution in [-0.4, -0.2) is 38.0 Å². The maximum absolute atomic E-state index is 10.8. The zero-order valence-corrected chi connectivity index (χ0v) is 11.5. The van der Waals surface area contributed by atoms with Crippen LogP contribution in [0, 0.1) is 13.8 Å². The van der Waals surface area contributed by atoms with Gasteiger partial charge in [-0.05, 0) is 25.0 Å². The van der Waals surface area contributed by atoms with Crippen LogP contribution in [0.5, 0.6) is 0 Å². The molecule has 0 amide bonds. The minimum Gasteiger partial charge on any atom is -0.367 e. The maximum atomic E-state index is 10.8. The predicted octanol–water partition coefficient (Wildman–Crippen LogP) is 0.708. The fourth-order valence-corrected chi connectivity index (χ4v) is 1.81. The van der Waals surface area contributed by atoms with Gasteiger partial charge in [0.2, 0.25) is 10.0 Å². The molecule has 0 aromatic carbocycles. The van der Waals surface area contributed by atoms with E-state index in [0.29, 0.717) is 24.1 Å². The fourth-order valence-electron chi connectivity index (χ4n) is 1.16. The number of halogens is 1. The van der Waals surface area contributed by atoms with Gasteiger partial charge in [-0.2, -0.15) is 0 Å². The van der Waals surface area contributed by atoms with Crippen molar-refractivity contribution in [3.63, 3.8) is 0 Å². The highest BCUT2D eigenvalue weighted by Crippen LogP contribution is 2.19. The summed E-state index contributed by atoms with van der Waals surface area (Å²) in [5.41, 5.74) is 1.77. The quantitative estimate of drug-likeness (QED) is 0.775. The molecule has 0 aliphatic carbocycles. The van der Waals surface area contributed by atoms with Crippen LogP contribution < -0.4 is 10.0 Å². The van der Waals surface area contributed by atoms with Crippen LogP contribution in [0.25, 0.3) is 0 Å². The van der Waals surface area contributed by atoms with Gasteiger partial charge in [0.15, 0.2) is 11.0 Å². The number of hydrogen-bond acceptors (Lipinski definition) is 5. The minimum atomic E-state index is -3.15. The molecule has 0 aliphatic rings. The molecule has 0 atom stereocenters. The van der Waals surface area contributed by atoms with Crippen molar-refractivity contribution < 1.29 is 8.42 Å². The SMILES string of the molecule is Cc1c(Cl)nnc(NCCNS(C)(=O)=O)c1C. The first-order valence-corrected chi connectivity index (χ1v) is 7.26. The molecular formula is C9H15ClN4O2S. The molecular weight excluding hydrogens is 264 g/mol. The Balaban J connectivity index is 2.56. The first-order chi connectivity index (χ1) is 7.81. The Morgan fingerprint density at radius 3 is 2.41 bits per heavy atom. The van der Waals surface area contributed by atoms with Crippen LogP contribution in [0.3, 0.4) is 0 Å². The van der Waals surface area contributed by atoms with E-state index >= 15 is 0 Å². The number of nitrogens with one attached hydrogen (secondary N) is 2. The van der Waals surface area contributed by atoms with Gasteiger partial charge < -0.3 is 5.32 Å². The molecule has 0 aliphatic heterocycles. The Bertz CT molecular complexity index is 504. The number of nitrogens with zero attached hydrogens (tertiary/aromatic N) is 2. The van der Waals surface area contributed by atoms with Gasteiger partial charge in [-0.1, -0.05) is 11.6 Å². The van der Waals surface area contributed by atoms with Crippen LogP contribution >= 0.6 is 11.6 Å². The topological polar surface area (TPSA) is 84.0 Å². The molecule has 0 radical (unpaired) electrons. The molecule has 0 bridgehead atoms. The second-order valence-corrected chi connectivity index (χ2v) is 5.87. The third-order valence-electron chi connectivity index (χ3n) is 2.25. The van der Waals surface area contributed by atoms with Gasteiger partial charge in [0.05, 0.1) is 6.26 Å². The Kier molecular flexibility index (Phi) is 4.67. The van der Waals surface area contributed by atoms with E-state index in [9.17, 15) is 8.42 Å². The minimum absolute atomic E-state index is 0.293. The molecule has 1 aromatic heterocycles. The summed E-state index contributed by atoms with van der Waals surface area (Å²) in [6, 6.07) is 0. The maximum Gasteiger partial charge on any atom is 0.208 e. The Morgan fingerprint density at radius 2 is 1.82 bits per heavy atom. The molecule has 2 N–H and O–H groups in total. The van der Waals surface area contributed by atoms with E-state index in [4.69, 9.17) is 11.6 Å². The van der Waals surface area contributed by atoms with Gasteiger partial charge in [-0.3, -0.25) is 0 Å². The summed E-state index contributed by atoms with van der Waals surface area (Å²) in [6.07, 6.45) is 1.12. The van der Waals surface area contributed by atoms with Crippen molar-refractivity contribution in [1.29, 1.82) is 0 Å². The molecule has 1 rings (SSSR count). The van der Waals surface area contributed by atoms with E-state index in [1.54, 1.807) is 0 Å². The van der Waals surface area contributed by atoms with Crippen molar-refractivity contribution in [2.45, 2.75) is 13.8 Å². The van der Waals surface area contributed by atoms with Crippen molar-refractivity contribution in [2.24, 2.45) is 0 Å². The number of hydrogen-bond donors (Lipinski definition) is 2. The lowest BCUT2D eigenvalue weighted by molar-refractivity contribution is 0.589. The Labute approximate surface area is 106 Å². The summed E-state index contributed by atoms with van der Waals surface area (Å²) in [5.74, 6) is 0.613. The van der Waals surface area contributed by atoms with Gasteiger partial charge in [0.25, 0.3) is 0 Å². The fraction of sp³-hybridized carbons (Fsp3) is 0.556. The first kappa shape index (κ1) is 14.1. The highest BCUT2D eigenvalue weighted by molar-refractivity contribution is 7.88. The van der Waals surface area contributed by atoms with Crippen LogP contribution in [0.2, 0.25) is 5.15 Å². The average molecular weight is 279 g/mol. The van der Waals surface area contributed by atoms with Crippen molar-refractivity contribution in [3.8, 4) is 0 Å². The lowest BCUT2D eigenvalue weighted by Gasteiger charge is -2.10. The van der Waals surface area contributed by atoms with Crippen LogP contribution in [-0.2, 0) is 10.0 Å². The number of anilines is 1. The van der Waals surface area contributed by atoms with E-state index in [-0.39, 0.29) is 0 Å². The van der Waals surface area contributed by atoms with E-state index in [1.807, 2.05) is 13.8 Å². The highest BCUT2D eigenvalue weighted by Gasteiger charge is 2.07. The van der Waals surface area contributed by atoms with Crippen molar-refractivity contribution in [1.82, 2.24) is 14.9 Å². The molecule has 0 saturated heterocycles. The van der Waals surface area contributed by atoms with Gasteiger partial charge >= 0.3 is 0 Å². The van der Waals surface area contributed by atoms with E-state index in [0.717, 1.165) is 17.4 Å². The molecule has 0 unspecified atom stereocenters. The molecule has 0 saturated carbocycles. The summed E-state index contributed by atoms with van der Waals surface area (Å²) >= 11 is 5.81. The molecule has 0 fully saturated rings. The lowest BCUT2D eigenvalue weighted by atomic mass is 10.2. The van der Waals surface area contributed by atoms with E-state index in [2.05, 4.69) is 20.2 Å². The smallest absolute Gasteiger partial charge is 0.208 e. The molecule has 96 valence electrons. The van der Waals surface area contributed by atoms with Gasteiger partial charge in [0, 0.05) is 13.1 Å². The van der Waals surface area contributed by atoms with Gasteiger partial charge in [-0.15, -0.1) is 10.2 Å². The molecule has 1 aromatic rings. The van der Waals surface area contributed by atoms with Crippen LogP contribution in [0.4, 0.5) is 5.82 Å². The summed E-state index contributed by atoms with van der Waals surface area (Å²) in [5, 5.41) is 11.1. The Morgan fingerprint density at radius 1 is 1.18 bits per heavy atom. The molecule has 1 heterocycles. The van der Waals surface area contributed by atoms with Crippen molar-refractivity contribution in [2.75, 3.05) is 24.7 Å². The molecule has 0 spiro atoms. The monoisotopic (exact) mass is 278 g/mol. The molecule has 8 heteroatoms. The van der Waals surface area contributed by atoms with Crippen molar-refractivity contribution >= 4 is 27.4 Å². The molecule has 17 heavy (non-hydrogen) atoms. The Hall–Kier alpha value is -0.920. The van der Waals surface area contributed by atoms with Crippen molar-refractivity contribution in [3.05, 3.63) is 16.3 Å². The van der Waals surface area contributed by atoms with Crippen LogP contribution in [0.15, 0.2) is 0 Å². The highest BCUT2D eigenvalue weighted by atomic mass is 35.5. The second-order valence-electron chi connectivity index (χ2n) is 3.68. The number of aromatic nitrogens is 2. The van der Waals surface area contributed by atoms with Gasteiger partial charge in [-0.25, -0.2) is 13.1 Å². The summed E-state index contributed by atoms with van der Waals surface area (Å²) in [7, 11) is -3.15. The third kappa shape index (κ3) is 4.45. The summed E-state index contributed by atoms with van der Waals surface area (Å²) in [6.45, 7) is 4.46. The van der Waals surface area contributed by atoms with Crippen LogP contribution in [0.1, 0.15) is 11.1 Å². The van der Waals surface area contributed by atoms with E-state index in [1.165, 1.54) is 0 Å². The third-order valence-corrected chi connectivity index (χ3v) is 3.33. The standard InChI is InChI=1S/C9H15ClN4O2S/c1-6-7(2)9(14-13-8(6)10)11-4-5-12-17(3,15)16/h12H,4-5H2,1-3H3,(H,11,14). The normalized spacial score (nSPS) is 11.5. The lowest BCUT2D eigenvalue weighted by Crippen LogP contribution is -2.28. The zero-order valence-electron chi connectivity index (χ0n) is 9.91. The summed E-state index contributed by atoms with van der Waals surface area (Å²) < 4.78 is 24.0. The predicted molar refractivity (Wildman–Crippen MR) is 67.9 cm³/mol. The average Bonchev–Trinajstić information content (AvgIpc) is 2.22.